The first-order chi connectivity index (χ1) is 10.1. The van der Waals surface area contributed by atoms with Crippen molar-refractivity contribution < 1.29 is 19.4 Å². The van der Waals surface area contributed by atoms with E-state index in [9.17, 15) is 4.79 Å². The Morgan fingerprint density at radius 2 is 1.57 bits per heavy atom. The van der Waals surface area contributed by atoms with Gasteiger partial charge in [0.1, 0.15) is 23.9 Å². The van der Waals surface area contributed by atoms with Crippen LogP contribution in [0.3, 0.4) is 0 Å². The number of likely N-dealkylation sites (N-methyl/N-ethyl adjacent to an activating group) is 1. The predicted molar refractivity (Wildman–Crippen MR) is 79.1 cm³/mol. The highest BCUT2D eigenvalue weighted by atomic mass is 16.5. The van der Waals surface area contributed by atoms with Crippen LogP contribution in [0.15, 0.2) is 54.6 Å². The van der Waals surface area contributed by atoms with Crippen molar-refractivity contribution in [3.05, 3.63) is 54.6 Å². The Kier molecular flexibility index (Phi) is 5.04. The second-order valence-corrected chi connectivity index (χ2v) is 4.44. The maximum Gasteiger partial charge on any atom is 0.407 e. The lowest BCUT2D eigenvalue weighted by Gasteiger charge is -2.13. The maximum atomic E-state index is 10.6. The van der Waals surface area contributed by atoms with E-state index in [-0.39, 0.29) is 0 Å². The fourth-order valence-electron chi connectivity index (χ4n) is 1.62. The molecule has 0 radical (unpaired) electrons. The zero-order valence-corrected chi connectivity index (χ0v) is 11.7. The summed E-state index contributed by atoms with van der Waals surface area (Å²) in [7, 11) is 1.50. The Morgan fingerprint density at radius 1 is 1.00 bits per heavy atom. The molecule has 0 heterocycles. The van der Waals surface area contributed by atoms with E-state index in [0.717, 1.165) is 11.5 Å². The van der Waals surface area contributed by atoms with Gasteiger partial charge in [-0.15, -0.1) is 0 Å². The fourth-order valence-corrected chi connectivity index (χ4v) is 1.62. The van der Waals surface area contributed by atoms with Gasteiger partial charge in [-0.05, 0) is 36.4 Å². The van der Waals surface area contributed by atoms with Crippen LogP contribution >= 0.6 is 0 Å². The summed E-state index contributed by atoms with van der Waals surface area (Å²) in [6.45, 7) is 0.624. The summed E-state index contributed by atoms with van der Waals surface area (Å²) in [5, 5.41) is 8.71. The molecule has 0 unspecified atom stereocenters. The number of para-hydroxylation sites is 1. The molecule has 5 heteroatoms. The van der Waals surface area contributed by atoms with Crippen LogP contribution in [0.5, 0.6) is 17.2 Å². The second kappa shape index (κ2) is 7.19. The first kappa shape index (κ1) is 14.7. The van der Waals surface area contributed by atoms with Crippen LogP contribution in [0.4, 0.5) is 4.79 Å². The number of ether oxygens (including phenoxy) is 2. The van der Waals surface area contributed by atoms with Crippen molar-refractivity contribution in [1.29, 1.82) is 0 Å². The minimum Gasteiger partial charge on any atom is -0.492 e. The summed E-state index contributed by atoms with van der Waals surface area (Å²) in [5.41, 5.74) is 0. The second-order valence-electron chi connectivity index (χ2n) is 4.44. The van der Waals surface area contributed by atoms with Gasteiger partial charge < -0.3 is 19.5 Å². The molecule has 0 atom stereocenters. The number of hydrogen-bond acceptors (Lipinski definition) is 3. The lowest BCUT2D eigenvalue weighted by atomic mass is 10.3. The van der Waals surface area contributed by atoms with Crippen molar-refractivity contribution in [2.75, 3.05) is 20.2 Å². The highest BCUT2D eigenvalue weighted by Gasteiger charge is 2.04. The first-order valence-electron chi connectivity index (χ1n) is 6.55. The van der Waals surface area contributed by atoms with Gasteiger partial charge in [-0.1, -0.05) is 18.2 Å². The van der Waals surface area contributed by atoms with E-state index in [1.54, 1.807) is 12.1 Å². The number of rotatable bonds is 6. The molecule has 0 aliphatic carbocycles. The molecule has 0 saturated carbocycles. The Morgan fingerprint density at radius 3 is 2.19 bits per heavy atom. The van der Waals surface area contributed by atoms with Crippen LogP contribution in [-0.4, -0.2) is 36.3 Å². The van der Waals surface area contributed by atoms with Crippen molar-refractivity contribution in [3.63, 3.8) is 0 Å². The van der Waals surface area contributed by atoms with Gasteiger partial charge in [-0.2, -0.15) is 0 Å². The molecule has 2 rings (SSSR count). The molecule has 2 aromatic carbocycles. The molecular formula is C16H17NO4. The van der Waals surface area contributed by atoms with E-state index in [1.807, 2.05) is 42.5 Å². The van der Waals surface area contributed by atoms with Crippen molar-refractivity contribution in [1.82, 2.24) is 4.90 Å². The quantitative estimate of drug-likeness (QED) is 0.883. The molecule has 21 heavy (non-hydrogen) atoms. The maximum absolute atomic E-state index is 10.6. The van der Waals surface area contributed by atoms with Crippen molar-refractivity contribution in [2.45, 2.75) is 0 Å². The highest BCUT2D eigenvalue weighted by Crippen LogP contribution is 2.23. The molecule has 0 aliphatic rings. The minimum absolute atomic E-state index is 0.307. The van der Waals surface area contributed by atoms with Crippen LogP contribution in [-0.2, 0) is 0 Å². The Balaban J connectivity index is 1.83. The summed E-state index contributed by atoms with van der Waals surface area (Å²) in [6, 6.07) is 16.7. The smallest absolute Gasteiger partial charge is 0.407 e. The molecule has 0 spiro atoms. The molecular weight excluding hydrogens is 270 g/mol. The van der Waals surface area contributed by atoms with Crippen LogP contribution in [0.25, 0.3) is 0 Å². The zero-order chi connectivity index (χ0) is 15.1. The number of benzene rings is 2. The van der Waals surface area contributed by atoms with Crippen LogP contribution < -0.4 is 9.47 Å². The van der Waals surface area contributed by atoms with Crippen molar-refractivity contribution in [2.24, 2.45) is 0 Å². The summed E-state index contributed by atoms with van der Waals surface area (Å²) in [5.74, 6) is 2.17. The van der Waals surface area contributed by atoms with Gasteiger partial charge in [0.2, 0.25) is 0 Å². The molecule has 110 valence electrons. The van der Waals surface area contributed by atoms with E-state index in [0.29, 0.717) is 18.9 Å². The third kappa shape index (κ3) is 4.72. The molecule has 0 saturated heterocycles. The first-order valence-corrected chi connectivity index (χ1v) is 6.55. The molecule has 1 amide bonds. The largest absolute Gasteiger partial charge is 0.492 e. The lowest BCUT2D eigenvalue weighted by Crippen LogP contribution is -2.29. The monoisotopic (exact) mass is 287 g/mol. The third-order valence-electron chi connectivity index (χ3n) is 2.82. The third-order valence-corrected chi connectivity index (χ3v) is 2.82. The average molecular weight is 287 g/mol. The van der Waals surface area contributed by atoms with Crippen LogP contribution in [0, 0.1) is 0 Å². The van der Waals surface area contributed by atoms with Gasteiger partial charge in [-0.3, -0.25) is 0 Å². The van der Waals surface area contributed by atoms with Gasteiger partial charge in [0.15, 0.2) is 0 Å². The van der Waals surface area contributed by atoms with E-state index in [1.165, 1.54) is 11.9 Å². The molecule has 2 aromatic rings. The standard InChI is InChI=1S/C16H17NO4/c1-17(16(18)19)11-12-20-13-7-9-15(10-8-13)21-14-5-3-2-4-6-14/h2-10H,11-12H2,1H3,(H,18,19). The normalized spacial score (nSPS) is 9.95. The lowest BCUT2D eigenvalue weighted by molar-refractivity contribution is 0.147. The van der Waals surface area contributed by atoms with Gasteiger partial charge in [0, 0.05) is 7.05 Å². The van der Waals surface area contributed by atoms with Gasteiger partial charge >= 0.3 is 6.09 Å². The summed E-state index contributed by atoms with van der Waals surface area (Å²) < 4.78 is 11.1. The molecule has 0 aromatic heterocycles. The van der Waals surface area contributed by atoms with E-state index in [4.69, 9.17) is 14.6 Å². The molecule has 5 nitrogen and oxygen atoms in total. The van der Waals surface area contributed by atoms with Gasteiger partial charge in [0.25, 0.3) is 0 Å². The number of amides is 1. The molecule has 0 fully saturated rings. The number of nitrogens with zero attached hydrogens (tertiary/aromatic N) is 1. The van der Waals surface area contributed by atoms with E-state index in [2.05, 4.69) is 0 Å². The molecule has 0 aliphatic heterocycles. The zero-order valence-electron chi connectivity index (χ0n) is 11.7. The van der Waals surface area contributed by atoms with E-state index >= 15 is 0 Å². The minimum atomic E-state index is -0.967. The predicted octanol–water partition coefficient (Wildman–Crippen LogP) is 3.47. The molecule has 1 N–H and O–H groups in total. The van der Waals surface area contributed by atoms with Crippen LogP contribution in [0.2, 0.25) is 0 Å². The van der Waals surface area contributed by atoms with Gasteiger partial charge in [0.05, 0.1) is 6.54 Å². The summed E-state index contributed by atoms with van der Waals surface area (Å²) in [6.07, 6.45) is -0.967. The fraction of sp³-hybridized carbons (Fsp3) is 0.188. The summed E-state index contributed by atoms with van der Waals surface area (Å²) in [4.78, 5) is 11.8. The van der Waals surface area contributed by atoms with Crippen molar-refractivity contribution in [3.8, 4) is 17.2 Å². The Bertz CT molecular complexity index is 569. The Hall–Kier alpha value is -2.69. The SMILES string of the molecule is CN(CCOc1ccc(Oc2ccccc2)cc1)C(=O)O. The number of hydrogen-bond donors (Lipinski definition) is 1. The van der Waals surface area contributed by atoms with Crippen LogP contribution in [0.1, 0.15) is 0 Å². The topological polar surface area (TPSA) is 59.0 Å². The summed E-state index contributed by atoms with van der Waals surface area (Å²) >= 11 is 0. The average Bonchev–Trinajstić information content (AvgIpc) is 2.50. The molecule has 0 bridgehead atoms. The number of carbonyl (C=O) groups is 1. The Labute approximate surface area is 123 Å². The van der Waals surface area contributed by atoms with Crippen molar-refractivity contribution >= 4 is 6.09 Å². The highest BCUT2D eigenvalue weighted by molar-refractivity contribution is 5.64. The number of carboxylic acid groups (broad SMARTS) is 1. The van der Waals surface area contributed by atoms with E-state index < -0.39 is 6.09 Å². The van der Waals surface area contributed by atoms with Gasteiger partial charge in [-0.25, -0.2) is 4.79 Å².